The molecule has 1 N–H and O–H groups in total. The van der Waals surface area contributed by atoms with Gasteiger partial charge in [0, 0.05) is 13.1 Å². The highest BCUT2D eigenvalue weighted by molar-refractivity contribution is 5.68. The molecule has 1 rings (SSSR count). The van der Waals surface area contributed by atoms with Crippen LogP contribution in [0.25, 0.3) is 0 Å². The summed E-state index contributed by atoms with van der Waals surface area (Å²) in [5, 5.41) is 3.35. The topological polar surface area (TPSA) is 41.6 Å². The van der Waals surface area contributed by atoms with Crippen molar-refractivity contribution in [1.29, 1.82) is 0 Å². The molecule has 0 aromatic heterocycles. The van der Waals surface area contributed by atoms with E-state index in [2.05, 4.69) is 12.2 Å². The molecule has 0 aromatic rings. The Labute approximate surface area is 105 Å². The average molecular weight is 242 g/mol. The van der Waals surface area contributed by atoms with Gasteiger partial charge in [0.25, 0.3) is 0 Å². The molecule has 1 aliphatic rings. The van der Waals surface area contributed by atoms with Gasteiger partial charge in [-0.1, -0.05) is 6.92 Å². The van der Waals surface area contributed by atoms with E-state index in [1.54, 1.807) is 0 Å². The lowest BCUT2D eigenvalue weighted by Crippen LogP contribution is -2.53. The van der Waals surface area contributed by atoms with E-state index in [-0.39, 0.29) is 12.1 Å². The number of hydrogen-bond acceptors (Lipinski definition) is 3. The number of ether oxygens (including phenoxy) is 1. The largest absolute Gasteiger partial charge is 0.444 e. The lowest BCUT2D eigenvalue weighted by molar-refractivity contribution is 0.00886. The van der Waals surface area contributed by atoms with Gasteiger partial charge in [-0.05, 0) is 46.6 Å². The third kappa shape index (κ3) is 4.19. The Kier molecular flexibility index (Phi) is 4.80. The van der Waals surface area contributed by atoms with E-state index in [4.69, 9.17) is 4.74 Å². The fourth-order valence-corrected chi connectivity index (χ4v) is 2.21. The van der Waals surface area contributed by atoms with Crippen molar-refractivity contribution in [1.82, 2.24) is 10.2 Å². The molecule has 0 radical (unpaired) electrons. The summed E-state index contributed by atoms with van der Waals surface area (Å²) >= 11 is 0. The molecule has 4 heteroatoms. The van der Waals surface area contributed by atoms with Gasteiger partial charge in [0.15, 0.2) is 0 Å². The third-order valence-electron chi connectivity index (χ3n) is 3.16. The van der Waals surface area contributed by atoms with Gasteiger partial charge in [-0.3, -0.25) is 0 Å². The zero-order valence-electron chi connectivity index (χ0n) is 11.7. The zero-order chi connectivity index (χ0) is 13.1. The highest BCUT2D eigenvalue weighted by atomic mass is 16.6. The maximum atomic E-state index is 12.1. The molecule has 1 heterocycles. The Balaban J connectivity index is 2.66. The molecule has 0 spiro atoms. The molecule has 1 saturated heterocycles. The van der Waals surface area contributed by atoms with Gasteiger partial charge in [0.05, 0.1) is 6.04 Å². The molecular formula is C13H26N2O2. The quantitative estimate of drug-likeness (QED) is 0.807. The first-order chi connectivity index (χ1) is 7.85. The molecule has 1 amide bonds. The number of nitrogens with one attached hydrogen (secondary N) is 1. The van der Waals surface area contributed by atoms with Crippen molar-refractivity contribution in [2.45, 2.75) is 52.7 Å². The third-order valence-corrected chi connectivity index (χ3v) is 3.16. The second-order valence-corrected chi connectivity index (χ2v) is 5.80. The van der Waals surface area contributed by atoms with E-state index in [1.807, 2.05) is 32.6 Å². The lowest BCUT2D eigenvalue weighted by atomic mass is 9.93. The molecule has 100 valence electrons. The van der Waals surface area contributed by atoms with E-state index in [0.717, 1.165) is 19.5 Å². The molecule has 0 aliphatic carbocycles. The van der Waals surface area contributed by atoms with E-state index >= 15 is 0 Å². The van der Waals surface area contributed by atoms with Gasteiger partial charge in [-0.2, -0.15) is 0 Å². The van der Waals surface area contributed by atoms with Crippen LogP contribution in [0.2, 0.25) is 0 Å². The number of carbonyl (C=O) groups excluding carboxylic acids is 1. The Hall–Kier alpha value is -0.770. The van der Waals surface area contributed by atoms with E-state index in [0.29, 0.717) is 12.5 Å². The number of likely N-dealkylation sites (N-methyl/N-ethyl adjacent to an activating group) is 1. The molecule has 2 atom stereocenters. The Morgan fingerprint density at radius 1 is 1.47 bits per heavy atom. The minimum absolute atomic E-state index is 0.194. The van der Waals surface area contributed by atoms with Crippen LogP contribution in [0, 0.1) is 5.92 Å². The van der Waals surface area contributed by atoms with Crippen LogP contribution in [0.5, 0.6) is 0 Å². The predicted molar refractivity (Wildman–Crippen MR) is 69.1 cm³/mol. The highest BCUT2D eigenvalue weighted by Crippen LogP contribution is 2.20. The summed E-state index contributed by atoms with van der Waals surface area (Å²) < 4.78 is 5.45. The van der Waals surface area contributed by atoms with Crippen molar-refractivity contribution >= 4 is 6.09 Å². The molecule has 0 aromatic carbocycles. The molecular weight excluding hydrogens is 216 g/mol. The van der Waals surface area contributed by atoms with E-state index in [9.17, 15) is 4.79 Å². The van der Waals surface area contributed by atoms with Crippen LogP contribution in [0.4, 0.5) is 4.79 Å². The van der Waals surface area contributed by atoms with Crippen LogP contribution in [-0.2, 0) is 4.74 Å². The summed E-state index contributed by atoms with van der Waals surface area (Å²) in [6.45, 7) is 12.5. The normalized spacial score (nSPS) is 25.5. The Morgan fingerprint density at radius 2 is 2.12 bits per heavy atom. The number of carbonyl (C=O) groups is 1. The van der Waals surface area contributed by atoms with Gasteiger partial charge in [-0.15, -0.1) is 0 Å². The average Bonchev–Trinajstić information content (AvgIpc) is 2.19. The van der Waals surface area contributed by atoms with Crippen molar-refractivity contribution in [2.24, 2.45) is 5.92 Å². The fraction of sp³-hybridized carbons (Fsp3) is 0.923. The Bertz CT molecular complexity index is 261. The van der Waals surface area contributed by atoms with E-state index in [1.165, 1.54) is 0 Å². The smallest absolute Gasteiger partial charge is 0.410 e. The number of nitrogens with zero attached hydrogens (tertiary/aromatic N) is 1. The summed E-state index contributed by atoms with van der Waals surface area (Å²) in [5.41, 5.74) is -0.421. The Morgan fingerprint density at radius 3 is 2.59 bits per heavy atom. The van der Waals surface area contributed by atoms with Gasteiger partial charge in [0.1, 0.15) is 5.60 Å². The first-order valence-corrected chi connectivity index (χ1v) is 6.55. The van der Waals surface area contributed by atoms with Crippen LogP contribution < -0.4 is 5.32 Å². The minimum Gasteiger partial charge on any atom is -0.444 e. The van der Waals surface area contributed by atoms with Crippen molar-refractivity contribution in [3.63, 3.8) is 0 Å². The SMILES string of the molecule is CCN(C(=O)OC(C)(C)C)C1CNCCC1C. The highest BCUT2D eigenvalue weighted by Gasteiger charge is 2.31. The van der Waals surface area contributed by atoms with Crippen molar-refractivity contribution < 1.29 is 9.53 Å². The monoisotopic (exact) mass is 242 g/mol. The van der Waals surface area contributed by atoms with Crippen molar-refractivity contribution in [2.75, 3.05) is 19.6 Å². The number of piperidine rings is 1. The molecule has 4 nitrogen and oxygen atoms in total. The van der Waals surface area contributed by atoms with Crippen molar-refractivity contribution in [3.8, 4) is 0 Å². The molecule has 17 heavy (non-hydrogen) atoms. The molecule has 1 fully saturated rings. The lowest BCUT2D eigenvalue weighted by Gasteiger charge is -2.38. The zero-order valence-corrected chi connectivity index (χ0v) is 11.7. The van der Waals surface area contributed by atoms with Gasteiger partial charge in [0.2, 0.25) is 0 Å². The molecule has 0 saturated carbocycles. The second kappa shape index (κ2) is 5.71. The molecule has 2 unspecified atom stereocenters. The summed E-state index contributed by atoms with van der Waals surface area (Å²) in [4.78, 5) is 14.0. The number of amides is 1. The summed E-state index contributed by atoms with van der Waals surface area (Å²) in [7, 11) is 0. The standard InChI is InChI=1S/C13H26N2O2/c1-6-15(12(16)17-13(3,4)5)11-9-14-8-7-10(11)2/h10-11,14H,6-9H2,1-5H3. The van der Waals surface area contributed by atoms with Crippen LogP contribution >= 0.6 is 0 Å². The van der Waals surface area contributed by atoms with Crippen LogP contribution in [0.3, 0.4) is 0 Å². The summed E-state index contributed by atoms with van der Waals surface area (Å²) in [5.74, 6) is 0.531. The van der Waals surface area contributed by atoms with Gasteiger partial charge >= 0.3 is 6.09 Å². The maximum Gasteiger partial charge on any atom is 0.410 e. The van der Waals surface area contributed by atoms with Crippen LogP contribution in [0.15, 0.2) is 0 Å². The first kappa shape index (κ1) is 14.3. The van der Waals surface area contributed by atoms with Gasteiger partial charge < -0.3 is 15.0 Å². The molecule has 1 aliphatic heterocycles. The predicted octanol–water partition coefficient (Wildman–Crippen LogP) is 2.24. The van der Waals surface area contributed by atoms with Crippen LogP contribution in [0.1, 0.15) is 41.0 Å². The number of hydrogen-bond donors (Lipinski definition) is 1. The summed E-state index contributed by atoms with van der Waals surface area (Å²) in [6, 6.07) is 0.253. The summed E-state index contributed by atoms with van der Waals surface area (Å²) in [6.07, 6.45) is 0.921. The second-order valence-electron chi connectivity index (χ2n) is 5.80. The fourth-order valence-electron chi connectivity index (χ4n) is 2.21. The van der Waals surface area contributed by atoms with Gasteiger partial charge in [-0.25, -0.2) is 4.79 Å². The first-order valence-electron chi connectivity index (χ1n) is 6.55. The maximum absolute atomic E-state index is 12.1. The molecule has 0 bridgehead atoms. The van der Waals surface area contributed by atoms with Crippen molar-refractivity contribution in [3.05, 3.63) is 0 Å². The van der Waals surface area contributed by atoms with E-state index < -0.39 is 5.60 Å². The number of rotatable bonds is 2. The van der Waals surface area contributed by atoms with Crippen LogP contribution in [-0.4, -0.2) is 42.3 Å². The minimum atomic E-state index is -0.421.